The Hall–Kier alpha value is -0.880. The molecule has 3 aliphatic heterocycles. The minimum atomic E-state index is -0.665. The van der Waals surface area contributed by atoms with Gasteiger partial charge in [-0.25, -0.2) is 9.97 Å². The molecule has 3 heterocycles. The van der Waals surface area contributed by atoms with Crippen molar-refractivity contribution in [1.29, 1.82) is 0 Å². The van der Waals surface area contributed by atoms with Gasteiger partial charge in [0.2, 0.25) is 0 Å². The average molecular weight is 477 g/mol. The highest BCUT2D eigenvalue weighted by molar-refractivity contribution is 8.07. The molecule has 32 heavy (non-hydrogen) atoms. The first-order valence-corrected chi connectivity index (χ1v) is 14.7. The summed E-state index contributed by atoms with van der Waals surface area (Å²) in [5.41, 5.74) is 0.547. The summed E-state index contributed by atoms with van der Waals surface area (Å²) in [4.78, 5) is 32.4. The Labute approximate surface area is 202 Å². The molecular formula is C26H40N2O2S2. The molecular weight excluding hydrogens is 436 g/mol. The van der Waals surface area contributed by atoms with E-state index in [0.717, 1.165) is 17.5 Å². The Kier molecular flexibility index (Phi) is 10.1. The smallest absolute Gasteiger partial charge is 0.281 e. The van der Waals surface area contributed by atoms with Crippen molar-refractivity contribution in [3.8, 4) is 11.4 Å². The molecule has 0 aliphatic carbocycles. The van der Waals surface area contributed by atoms with Crippen molar-refractivity contribution in [3.63, 3.8) is 0 Å². The Morgan fingerprint density at radius 1 is 0.969 bits per heavy atom. The molecule has 0 spiro atoms. The molecule has 1 saturated heterocycles. The van der Waals surface area contributed by atoms with Crippen LogP contribution in [-0.4, -0.2) is 26.2 Å². The minimum Gasteiger partial charge on any atom is -0.281 e. The second-order valence-corrected chi connectivity index (χ2v) is 12.2. The highest BCUT2D eigenvalue weighted by Gasteiger charge is 2.37. The van der Waals surface area contributed by atoms with Crippen molar-refractivity contribution in [2.24, 2.45) is 11.8 Å². The number of hydrogen-bond acceptors (Lipinski definition) is 6. The summed E-state index contributed by atoms with van der Waals surface area (Å²) in [7, 11) is 0. The molecule has 0 radical (unpaired) electrons. The summed E-state index contributed by atoms with van der Waals surface area (Å²) in [5.74, 6) is 2.75. The van der Waals surface area contributed by atoms with Crippen LogP contribution in [0, 0.1) is 11.8 Å². The molecule has 4 nitrogen and oxygen atoms in total. The lowest BCUT2D eigenvalue weighted by Crippen LogP contribution is -2.28. The number of thioether (sulfide) groups is 2. The summed E-state index contributed by atoms with van der Waals surface area (Å²) in [6, 6.07) is 1.92. The van der Waals surface area contributed by atoms with Crippen LogP contribution in [0.15, 0.2) is 15.7 Å². The van der Waals surface area contributed by atoms with E-state index in [-0.39, 0.29) is 10.9 Å². The maximum Gasteiger partial charge on any atom is 0.320 e. The van der Waals surface area contributed by atoms with Gasteiger partial charge in [-0.05, 0) is 30.7 Å². The largest absolute Gasteiger partial charge is 0.320 e. The fourth-order valence-electron chi connectivity index (χ4n) is 4.98. The number of nitrogens with zero attached hydrogens (tertiary/aromatic N) is 2. The molecule has 0 aromatic heterocycles. The zero-order valence-corrected chi connectivity index (χ0v) is 21.9. The molecule has 6 heteroatoms. The second-order valence-electron chi connectivity index (χ2n) is 9.52. The van der Waals surface area contributed by atoms with E-state index in [4.69, 9.17) is 0 Å². The third-order valence-electron chi connectivity index (χ3n) is 7.11. The maximum atomic E-state index is 12.1. The monoisotopic (exact) mass is 476 g/mol. The number of unbranched alkanes of at least 4 members (excludes halogenated alkanes) is 2. The summed E-state index contributed by atoms with van der Waals surface area (Å²) in [6.45, 7) is 9.19. The van der Waals surface area contributed by atoms with Gasteiger partial charge in [0.05, 0.1) is 16.6 Å². The number of hydrogen-bond donors (Lipinski definition) is 0. The summed E-state index contributed by atoms with van der Waals surface area (Å²) in [6.07, 6.45) is 12.7. The summed E-state index contributed by atoms with van der Waals surface area (Å²) < 4.78 is 0. The lowest BCUT2D eigenvalue weighted by molar-refractivity contribution is 0.408. The van der Waals surface area contributed by atoms with E-state index in [1.165, 1.54) is 70.0 Å². The molecule has 0 saturated carbocycles. The van der Waals surface area contributed by atoms with Crippen LogP contribution in [0.2, 0.25) is 0 Å². The van der Waals surface area contributed by atoms with Crippen molar-refractivity contribution in [1.82, 2.24) is 9.97 Å². The quantitative estimate of drug-likeness (QED) is 0.302. The molecule has 178 valence electrons. The Bertz CT molecular complexity index is 879. The predicted octanol–water partition coefficient (Wildman–Crippen LogP) is 6.65. The zero-order valence-electron chi connectivity index (χ0n) is 20.3. The van der Waals surface area contributed by atoms with Crippen molar-refractivity contribution in [2.75, 3.05) is 5.75 Å². The van der Waals surface area contributed by atoms with Crippen molar-refractivity contribution in [3.05, 3.63) is 32.3 Å². The van der Waals surface area contributed by atoms with E-state index in [0.29, 0.717) is 16.2 Å². The van der Waals surface area contributed by atoms with E-state index in [1.807, 2.05) is 6.07 Å². The van der Waals surface area contributed by atoms with Crippen molar-refractivity contribution < 1.29 is 0 Å². The van der Waals surface area contributed by atoms with Crippen LogP contribution in [0.4, 0.5) is 0 Å². The third kappa shape index (κ3) is 6.37. The molecule has 0 bridgehead atoms. The third-order valence-corrected chi connectivity index (χ3v) is 10.6. The van der Waals surface area contributed by atoms with E-state index >= 15 is 0 Å². The first-order chi connectivity index (χ1) is 15.5. The number of rotatable bonds is 13. The topological polar surface area (TPSA) is 59.9 Å². The van der Waals surface area contributed by atoms with E-state index in [2.05, 4.69) is 61.2 Å². The molecule has 0 N–H and O–H groups in total. The first kappa shape index (κ1) is 25.7. The molecule has 0 aromatic carbocycles. The van der Waals surface area contributed by atoms with E-state index < -0.39 is 11.0 Å². The Morgan fingerprint density at radius 3 is 2.22 bits per heavy atom. The molecule has 3 aliphatic rings. The summed E-state index contributed by atoms with van der Waals surface area (Å²) >= 11 is 4.21. The van der Waals surface area contributed by atoms with Crippen molar-refractivity contribution >= 4 is 23.5 Å². The van der Waals surface area contributed by atoms with Gasteiger partial charge in [-0.1, -0.05) is 79.1 Å². The highest BCUT2D eigenvalue weighted by atomic mass is 32.2. The van der Waals surface area contributed by atoms with Gasteiger partial charge in [0, 0.05) is 16.3 Å². The minimum absolute atomic E-state index is 0.279. The van der Waals surface area contributed by atoms with Gasteiger partial charge in [-0.2, -0.15) is 11.8 Å². The number of aromatic nitrogens is 2. The van der Waals surface area contributed by atoms with Crippen LogP contribution in [0.3, 0.4) is 0 Å². The van der Waals surface area contributed by atoms with Gasteiger partial charge in [0.15, 0.2) is 0 Å². The standard InChI is InChI=1S/C26H40N2O2S2/c1-5-9-11-17(7-3)13-19-16-31-22(14-18(8-4)12-10-6-2)25(32-19)21-15-20-23(27-21)24(29)26(30)28-20/h15,17-19,22,25H,5-14,16H2,1-4H3. The molecule has 0 aromatic rings. The van der Waals surface area contributed by atoms with Crippen LogP contribution in [0.1, 0.15) is 103 Å². The lowest BCUT2D eigenvalue weighted by atomic mass is 9.92. The van der Waals surface area contributed by atoms with Crippen LogP contribution in [-0.2, 0) is 0 Å². The SMILES string of the molecule is CCCCC(CC)CC1CSC(CC(CC)CCCC)C(c2cc3nc(=O)c(=O)c-3n2)S1. The normalized spacial score (nSPS) is 23.6. The fourth-order valence-corrected chi connectivity index (χ4v) is 8.62. The Balaban J connectivity index is 1.79. The van der Waals surface area contributed by atoms with Crippen LogP contribution in [0.5, 0.6) is 0 Å². The van der Waals surface area contributed by atoms with Gasteiger partial charge in [0.25, 0.3) is 5.43 Å². The average Bonchev–Trinajstić information content (AvgIpc) is 3.33. The van der Waals surface area contributed by atoms with Gasteiger partial charge in [-0.15, -0.1) is 11.8 Å². The zero-order chi connectivity index (χ0) is 23.1. The maximum absolute atomic E-state index is 12.1. The summed E-state index contributed by atoms with van der Waals surface area (Å²) in [5, 5.41) is 1.41. The lowest BCUT2D eigenvalue weighted by Gasteiger charge is -2.37. The van der Waals surface area contributed by atoms with E-state index in [1.54, 1.807) is 0 Å². The van der Waals surface area contributed by atoms with E-state index in [9.17, 15) is 9.59 Å². The first-order valence-electron chi connectivity index (χ1n) is 12.8. The highest BCUT2D eigenvalue weighted by Crippen LogP contribution is 2.50. The van der Waals surface area contributed by atoms with Crippen LogP contribution < -0.4 is 11.0 Å². The molecule has 0 amide bonds. The molecule has 5 unspecified atom stereocenters. The fraction of sp³-hybridized carbons (Fsp3) is 0.769. The predicted molar refractivity (Wildman–Crippen MR) is 140 cm³/mol. The van der Waals surface area contributed by atoms with Crippen molar-refractivity contribution in [2.45, 2.75) is 108 Å². The van der Waals surface area contributed by atoms with Gasteiger partial charge in [0.1, 0.15) is 5.69 Å². The second kappa shape index (κ2) is 12.5. The van der Waals surface area contributed by atoms with Gasteiger partial charge >= 0.3 is 5.56 Å². The van der Waals surface area contributed by atoms with Gasteiger partial charge < -0.3 is 0 Å². The Morgan fingerprint density at radius 2 is 1.62 bits per heavy atom. The van der Waals surface area contributed by atoms with Crippen LogP contribution in [0.25, 0.3) is 11.4 Å². The van der Waals surface area contributed by atoms with Crippen LogP contribution >= 0.6 is 23.5 Å². The molecule has 5 atom stereocenters. The molecule has 3 rings (SSSR count). The molecule has 1 fully saturated rings. The number of fused-ring (bicyclic) bond motifs is 1. The van der Waals surface area contributed by atoms with Gasteiger partial charge in [-0.3, -0.25) is 9.59 Å².